The van der Waals surface area contributed by atoms with Crippen molar-refractivity contribution in [2.24, 2.45) is 0 Å². The summed E-state index contributed by atoms with van der Waals surface area (Å²) in [4.78, 5) is 13.7. The molecule has 1 amide bonds. The normalized spacial score (nSPS) is 27.4. The van der Waals surface area contributed by atoms with Gasteiger partial charge in [-0.2, -0.15) is 0 Å². The van der Waals surface area contributed by atoms with Gasteiger partial charge < -0.3 is 14.4 Å². The monoisotopic (exact) mass is 233 g/mol. The molecule has 0 spiro atoms. The second-order valence-corrected chi connectivity index (χ2v) is 4.45. The van der Waals surface area contributed by atoms with E-state index in [-0.39, 0.29) is 18.2 Å². The smallest absolute Gasteiger partial charge is 0.225 e. The first-order valence-corrected chi connectivity index (χ1v) is 5.86. The van der Waals surface area contributed by atoms with Crippen LogP contribution in [0, 0.1) is 0 Å². The van der Waals surface area contributed by atoms with Gasteiger partial charge in [-0.15, -0.1) is 0 Å². The highest BCUT2D eigenvalue weighted by Crippen LogP contribution is 2.37. The maximum atomic E-state index is 11.8. The van der Waals surface area contributed by atoms with Crippen molar-refractivity contribution in [3.63, 3.8) is 0 Å². The lowest BCUT2D eigenvalue weighted by atomic mass is 10.2. The van der Waals surface area contributed by atoms with Gasteiger partial charge in [0.25, 0.3) is 0 Å². The number of benzene rings is 1. The second-order valence-electron chi connectivity index (χ2n) is 4.45. The molecule has 0 N–H and O–H groups in total. The van der Waals surface area contributed by atoms with E-state index in [0.29, 0.717) is 13.0 Å². The first-order chi connectivity index (χ1) is 8.29. The van der Waals surface area contributed by atoms with Crippen molar-refractivity contribution in [2.75, 3.05) is 13.7 Å². The van der Waals surface area contributed by atoms with Crippen molar-refractivity contribution in [1.29, 1.82) is 0 Å². The predicted octanol–water partition coefficient (Wildman–Crippen LogP) is 1.72. The minimum absolute atomic E-state index is 0.202. The molecule has 2 aliphatic heterocycles. The van der Waals surface area contributed by atoms with Crippen LogP contribution in [0.1, 0.15) is 24.6 Å². The van der Waals surface area contributed by atoms with Crippen molar-refractivity contribution in [1.82, 2.24) is 4.90 Å². The summed E-state index contributed by atoms with van der Waals surface area (Å²) in [6.07, 6.45) is 1.37. The van der Waals surface area contributed by atoms with Crippen molar-refractivity contribution in [2.45, 2.75) is 25.1 Å². The van der Waals surface area contributed by atoms with Gasteiger partial charge in [-0.05, 0) is 18.6 Å². The summed E-state index contributed by atoms with van der Waals surface area (Å²) in [6.45, 7) is 0.655. The Bertz CT molecular complexity index is 429. The molecule has 2 aliphatic rings. The minimum Gasteiger partial charge on any atom is -0.497 e. The predicted molar refractivity (Wildman–Crippen MR) is 61.6 cm³/mol. The SMILES string of the molecule is COc1ccc([C@H]2OC[C@@H]3CCC(=O)N32)cc1. The topological polar surface area (TPSA) is 38.8 Å². The van der Waals surface area contributed by atoms with Crippen LogP contribution in [0.15, 0.2) is 24.3 Å². The average molecular weight is 233 g/mol. The molecule has 0 radical (unpaired) electrons. The largest absolute Gasteiger partial charge is 0.497 e. The maximum absolute atomic E-state index is 11.8. The summed E-state index contributed by atoms with van der Waals surface area (Å²) in [7, 11) is 1.64. The molecule has 3 rings (SSSR count). The molecule has 0 aliphatic carbocycles. The third-order valence-electron chi connectivity index (χ3n) is 3.47. The van der Waals surface area contributed by atoms with Crippen LogP contribution in [0.2, 0.25) is 0 Å². The molecule has 0 saturated carbocycles. The first kappa shape index (κ1) is 10.6. The highest BCUT2D eigenvalue weighted by Gasteiger charge is 2.42. The molecule has 0 bridgehead atoms. The lowest BCUT2D eigenvalue weighted by Crippen LogP contribution is -2.30. The third-order valence-corrected chi connectivity index (χ3v) is 3.47. The zero-order chi connectivity index (χ0) is 11.8. The maximum Gasteiger partial charge on any atom is 0.225 e. The van der Waals surface area contributed by atoms with Crippen LogP contribution in [0.3, 0.4) is 0 Å². The Labute approximate surface area is 100 Å². The first-order valence-electron chi connectivity index (χ1n) is 5.86. The van der Waals surface area contributed by atoms with E-state index in [1.807, 2.05) is 29.2 Å². The number of ether oxygens (including phenoxy) is 2. The number of carbonyl (C=O) groups excluding carboxylic acids is 1. The fraction of sp³-hybridized carbons (Fsp3) is 0.462. The minimum atomic E-state index is -0.207. The van der Waals surface area contributed by atoms with Gasteiger partial charge in [0.15, 0.2) is 6.23 Å². The molecule has 2 fully saturated rings. The number of carbonyl (C=O) groups is 1. The van der Waals surface area contributed by atoms with E-state index in [9.17, 15) is 4.79 Å². The number of hydrogen-bond donors (Lipinski definition) is 0. The van der Waals surface area contributed by atoms with Gasteiger partial charge in [0.2, 0.25) is 5.91 Å². The van der Waals surface area contributed by atoms with Gasteiger partial charge in [-0.25, -0.2) is 0 Å². The van der Waals surface area contributed by atoms with Gasteiger partial charge in [0, 0.05) is 12.0 Å². The van der Waals surface area contributed by atoms with Crippen LogP contribution in [0.4, 0.5) is 0 Å². The number of amides is 1. The Balaban J connectivity index is 1.86. The summed E-state index contributed by atoms with van der Waals surface area (Å²) < 4.78 is 10.8. The van der Waals surface area contributed by atoms with Gasteiger partial charge >= 0.3 is 0 Å². The molecule has 2 atom stereocenters. The summed E-state index contributed by atoms with van der Waals surface area (Å²) in [5.74, 6) is 1.02. The molecule has 0 aromatic heterocycles. The van der Waals surface area contributed by atoms with Crippen molar-refractivity contribution < 1.29 is 14.3 Å². The Morgan fingerprint density at radius 1 is 1.35 bits per heavy atom. The molecule has 2 heterocycles. The second kappa shape index (κ2) is 4.04. The fourth-order valence-corrected chi connectivity index (χ4v) is 2.56. The van der Waals surface area contributed by atoms with Crippen molar-refractivity contribution >= 4 is 5.91 Å². The van der Waals surface area contributed by atoms with Crippen molar-refractivity contribution in [3.8, 4) is 5.75 Å². The van der Waals surface area contributed by atoms with E-state index in [4.69, 9.17) is 9.47 Å². The number of hydrogen-bond acceptors (Lipinski definition) is 3. The van der Waals surface area contributed by atoms with E-state index in [2.05, 4.69) is 0 Å². The number of rotatable bonds is 2. The summed E-state index contributed by atoms with van der Waals surface area (Å²) >= 11 is 0. The molecule has 90 valence electrons. The molecule has 4 heteroatoms. The lowest BCUT2D eigenvalue weighted by Gasteiger charge is -2.22. The van der Waals surface area contributed by atoms with Gasteiger partial charge in [0.1, 0.15) is 5.75 Å². The standard InChI is InChI=1S/C13H15NO3/c1-16-11-5-2-9(3-6-11)13-14-10(8-17-13)4-7-12(14)15/h2-3,5-6,10,13H,4,7-8H2,1H3/t10-,13+/m0/s1. The average Bonchev–Trinajstić information content (AvgIpc) is 2.93. The summed E-state index contributed by atoms with van der Waals surface area (Å²) in [5.41, 5.74) is 1.02. The summed E-state index contributed by atoms with van der Waals surface area (Å²) in [6, 6.07) is 7.98. The third kappa shape index (κ3) is 1.69. The molecule has 2 saturated heterocycles. The van der Waals surface area contributed by atoms with Crippen LogP contribution in [-0.4, -0.2) is 30.6 Å². The summed E-state index contributed by atoms with van der Waals surface area (Å²) in [5, 5.41) is 0. The lowest BCUT2D eigenvalue weighted by molar-refractivity contribution is -0.134. The molecule has 1 aromatic rings. The van der Waals surface area contributed by atoms with Gasteiger partial charge in [-0.3, -0.25) is 4.79 Å². The quantitative estimate of drug-likeness (QED) is 0.780. The highest BCUT2D eigenvalue weighted by atomic mass is 16.5. The Hall–Kier alpha value is -1.55. The Kier molecular flexibility index (Phi) is 2.52. The van der Waals surface area contributed by atoms with E-state index in [1.165, 1.54) is 0 Å². The van der Waals surface area contributed by atoms with Gasteiger partial charge in [-0.1, -0.05) is 12.1 Å². The van der Waals surface area contributed by atoms with E-state index < -0.39 is 0 Å². The van der Waals surface area contributed by atoms with Crippen LogP contribution in [-0.2, 0) is 9.53 Å². The Morgan fingerprint density at radius 3 is 2.82 bits per heavy atom. The zero-order valence-corrected chi connectivity index (χ0v) is 9.76. The van der Waals surface area contributed by atoms with Crippen LogP contribution >= 0.6 is 0 Å². The number of fused-ring (bicyclic) bond motifs is 1. The molecular formula is C13H15NO3. The van der Waals surface area contributed by atoms with E-state index >= 15 is 0 Å². The van der Waals surface area contributed by atoms with Gasteiger partial charge in [0.05, 0.1) is 19.8 Å². The number of nitrogens with zero attached hydrogens (tertiary/aromatic N) is 1. The zero-order valence-electron chi connectivity index (χ0n) is 9.76. The molecule has 4 nitrogen and oxygen atoms in total. The Morgan fingerprint density at radius 2 is 2.12 bits per heavy atom. The van der Waals surface area contributed by atoms with E-state index in [0.717, 1.165) is 17.7 Å². The van der Waals surface area contributed by atoms with Crippen LogP contribution < -0.4 is 4.74 Å². The molecule has 0 unspecified atom stereocenters. The highest BCUT2D eigenvalue weighted by molar-refractivity contribution is 5.79. The van der Waals surface area contributed by atoms with Crippen LogP contribution in [0.5, 0.6) is 5.75 Å². The number of methoxy groups -OCH3 is 1. The van der Waals surface area contributed by atoms with Crippen LogP contribution in [0.25, 0.3) is 0 Å². The molecule has 17 heavy (non-hydrogen) atoms. The molecule has 1 aromatic carbocycles. The molecular weight excluding hydrogens is 218 g/mol. The van der Waals surface area contributed by atoms with E-state index in [1.54, 1.807) is 7.11 Å². The van der Waals surface area contributed by atoms with Crippen molar-refractivity contribution in [3.05, 3.63) is 29.8 Å². The fourth-order valence-electron chi connectivity index (χ4n) is 2.56.